The molecule has 1 heterocycles. The minimum absolute atomic E-state index is 0.157. The number of hydrogen-bond donors (Lipinski definition) is 1. The summed E-state index contributed by atoms with van der Waals surface area (Å²) >= 11 is 0. The van der Waals surface area contributed by atoms with Gasteiger partial charge in [0, 0.05) is 11.6 Å². The van der Waals surface area contributed by atoms with Crippen LogP contribution in [0.5, 0.6) is 5.75 Å². The van der Waals surface area contributed by atoms with Crippen molar-refractivity contribution in [3.8, 4) is 5.75 Å². The van der Waals surface area contributed by atoms with Gasteiger partial charge in [0.25, 0.3) is 5.91 Å². The molecule has 1 saturated heterocycles. The summed E-state index contributed by atoms with van der Waals surface area (Å²) in [7, 11) is 0. The third-order valence-corrected chi connectivity index (χ3v) is 4.65. The molecule has 1 aliphatic heterocycles. The molecule has 0 aliphatic carbocycles. The van der Waals surface area contributed by atoms with Crippen LogP contribution < -0.4 is 0 Å². The molecule has 3 rings (SSSR count). The minimum atomic E-state index is -0.703. The van der Waals surface area contributed by atoms with E-state index in [-0.39, 0.29) is 23.6 Å². The van der Waals surface area contributed by atoms with Gasteiger partial charge in [-0.15, -0.1) is 0 Å². The Morgan fingerprint density at radius 3 is 2.73 bits per heavy atom. The summed E-state index contributed by atoms with van der Waals surface area (Å²) in [6.45, 7) is 4.61. The number of nitro groups is 1. The van der Waals surface area contributed by atoms with E-state index in [1.54, 1.807) is 4.90 Å². The molecule has 1 fully saturated rings. The number of carbonyl (C=O) groups excluding carboxylic acids is 1. The van der Waals surface area contributed by atoms with Gasteiger partial charge in [0.05, 0.1) is 24.1 Å². The van der Waals surface area contributed by atoms with Gasteiger partial charge in [-0.2, -0.15) is 0 Å². The first-order chi connectivity index (χ1) is 12.4. The maximum atomic E-state index is 12.9. The maximum absolute atomic E-state index is 12.9. The van der Waals surface area contributed by atoms with Crippen LogP contribution in [-0.4, -0.2) is 40.0 Å². The fourth-order valence-electron chi connectivity index (χ4n) is 3.14. The summed E-state index contributed by atoms with van der Waals surface area (Å²) in [5, 5.41) is 20.6. The quantitative estimate of drug-likeness (QED) is 0.673. The van der Waals surface area contributed by atoms with Crippen molar-refractivity contribution in [2.45, 2.75) is 26.0 Å². The normalized spacial score (nSPS) is 20.0. The van der Waals surface area contributed by atoms with E-state index in [1.807, 2.05) is 38.1 Å². The second kappa shape index (κ2) is 7.13. The molecule has 1 amide bonds. The van der Waals surface area contributed by atoms with E-state index in [2.05, 4.69) is 0 Å². The highest BCUT2D eigenvalue weighted by atomic mass is 16.6. The van der Waals surface area contributed by atoms with Gasteiger partial charge in [-0.25, -0.2) is 0 Å². The van der Waals surface area contributed by atoms with Gasteiger partial charge in [0.2, 0.25) is 0 Å². The number of morpholine rings is 1. The topological polar surface area (TPSA) is 92.9 Å². The Bertz CT molecular complexity index is 852. The number of amides is 1. The average molecular weight is 356 g/mol. The Balaban J connectivity index is 1.87. The second-order valence-corrected chi connectivity index (χ2v) is 6.45. The Labute approximate surface area is 151 Å². The van der Waals surface area contributed by atoms with Crippen LogP contribution in [0.4, 0.5) is 5.69 Å². The number of phenols is 1. The first-order valence-corrected chi connectivity index (χ1v) is 8.34. The summed E-state index contributed by atoms with van der Waals surface area (Å²) in [5.74, 6) is -0.776. The predicted molar refractivity (Wildman–Crippen MR) is 95.1 cm³/mol. The van der Waals surface area contributed by atoms with E-state index in [4.69, 9.17) is 4.74 Å². The van der Waals surface area contributed by atoms with Gasteiger partial charge < -0.3 is 14.7 Å². The molecule has 7 heteroatoms. The largest absolute Gasteiger partial charge is 0.502 e. The van der Waals surface area contributed by atoms with E-state index in [0.717, 1.165) is 17.2 Å². The van der Waals surface area contributed by atoms with Crippen molar-refractivity contribution in [1.82, 2.24) is 4.90 Å². The number of carbonyl (C=O) groups is 1. The molecule has 0 bridgehead atoms. The summed E-state index contributed by atoms with van der Waals surface area (Å²) in [6.07, 6.45) is -0.247. The number of nitro benzene ring substituents is 1. The predicted octanol–water partition coefficient (Wildman–Crippen LogP) is 3.21. The van der Waals surface area contributed by atoms with Crippen molar-refractivity contribution in [1.29, 1.82) is 0 Å². The molecule has 2 aromatic carbocycles. The molecule has 1 N–H and O–H groups in total. The molecular formula is C19H20N2O5. The zero-order valence-corrected chi connectivity index (χ0v) is 14.6. The van der Waals surface area contributed by atoms with Crippen LogP contribution in [0.2, 0.25) is 0 Å². The van der Waals surface area contributed by atoms with Crippen LogP contribution >= 0.6 is 0 Å². The summed E-state index contributed by atoms with van der Waals surface area (Å²) in [5.41, 5.74) is 1.80. The molecule has 2 aromatic rings. The van der Waals surface area contributed by atoms with Gasteiger partial charge in [0.1, 0.15) is 6.10 Å². The molecule has 0 radical (unpaired) electrons. The standard InChI is InChI=1S/C19H20N2O5/c1-12-5-3-4-6-15(12)18-10-20(13(2)11-26-18)19(23)14-7-8-17(22)16(9-14)21(24)25/h3-9,13,18,22H,10-11H2,1-2H3. The molecule has 136 valence electrons. The highest BCUT2D eigenvalue weighted by molar-refractivity contribution is 5.95. The lowest BCUT2D eigenvalue weighted by molar-refractivity contribution is -0.385. The molecule has 0 spiro atoms. The number of nitrogens with zero attached hydrogens (tertiary/aromatic N) is 2. The van der Waals surface area contributed by atoms with E-state index in [1.165, 1.54) is 12.1 Å². The van der Waals surface area contributed by atoms with Crippen LogP contribution in [-0.2, 0) is 4.74 Å². The summed E-state index contributed by atoms with van der Waals surface area (Å²) in [6, 6.07) is 11.4. The molecule has 1 aliphatic rings. The number of aromatic hydroxyl groups is 1. The molecular weight excluding hydrogens is 336 g/mol. The van der Waals surface area contributed by atoms with E-state index < -0.39 is 16.4 Å². The lowest BCUT2D eigenvalue weighted by Crippen LogP contribution is -2.48. The molecule has 0 saturated carbocycles. The third kappa shape index (κ3) is 3.39. The number of hydrogen-bond acceptors (Lipinski definition) is 5. The number of benzene rings is 2. The van der Waals surface area contributed by atoms with Crippen molar-refractivity contribution >= 4 is 11.6 Å². The Morgan fingerprint density at radius 1 is 1.31 bits per heavy atom. The third-order valence-electron chi connectivity index (χ3n) is 4.65. The van der Waals surface area contributed by atoms with E-state index in [9.17, 15) is 20.0 Å². The van der Waals surface area contributed by atoms with Crippen molar-refractivity contribution in [2.75, 3.05) is 13.2 Å². The first kappa shape index (κ1) is 17.9. The number of rotatable bonds is 3. The van der Waals surface area contributed by atoms with Crippen LogP contribution in [0, 0.1) is 17.0 Å². The number of aryl methyl sites for hydroxylation is 1. The van der Waals surface area contributed by atoms with Crippen LogP contribution in [0.15, 0.2) is 42.5 Å². The van der Waals surface area contributed by atoms with Gasteiger partial charge in [-0.3, -0.25) is 14.9 Å². The molecule has 2 unspecified atom stereocenters. The van der Waals surface area contributed by atoms with Crippen molar-refractivity contribution in [2.24, 2.45) is 0 Å². The van der Waals surface area contributed by atoms with E-state index >= 15 is 0 Å². The lowest BCUT2D eigenvalue weighted by Gasteiger charge is -2.38. The molecule has 0 aromatic heterocycles. The van der Waals surface area contributed by atoms with Gasteiger partial charge in [-0.1, -0.05) is 24.3 Å². The Kier molecular flexibility index (Phi) is 4.90. The van der Waals surface area contributed by atoms with Gasteiger partial charge in [-0.05, 0) is 37.1 Å². The SMILES string of the molecule is Cc1ccccc1C1CN(C(=O)c2ccc(O)c([N+](=O)[O-])c2)C(C)CO1. The lowest BCUT2D eigenvalue weighted by atomic mass is 10.0. The maximum Gasteiger partial charge on any atom is 0.311 e. The fraction of sp³-hybridized carbons (Fsp3) is 0.316. The highest BCUT2D eigenvalue weighted by Crippen LogP contribution is 2.30. The van der Waals surface area contributed by atoms with Crippen LogP contribution in [0.3, 0.4) is 0 Å². The minimum Gasteiger partial charge on any atom is -0.502 e. The average Bonchev–Trinajstić information content (AvgIpc) is 2.62. The summed E-state index contributed by atoms with van der Waals surface area (Å²) < 4.78 is 5.91. The fourth-order valence-corrected chi connectivity index (χ4v) is 3.14. The van der Waals surface area contributed by atoms with Gasteiger partial charge in [0.15, 0.2) is 5.75 Å². The zero-order valence-electron chi connectivity index (χ0n) is 14.6. The highest BCUT2D eigenvalue weighted by Gasteiger charge is 2.32. The second-order valence-electron chi connectivity index (χ2n) is 6.45. The molecule has 26 heavy (non-hydrogen) atoms. The van der Waals surface area contributed by atoms with Gasteiger partial charge >= 0.3 is 5.69 Å². The summed E-state index contributed by atoms with van der Waals surface area (Å²) in [4.78, 5) is 24.9. The molecule has 2 atom stereocenters. The number of ether oxygens (including phenoxy) is 1. The monoisotopic (exact) mass is 356 g/mol. The molecule has 7 nitrogen and oxygen atoms in total. The Morgan fingerprint density at radius 2 is 2.04 bits per heavy atom. The van der Waals surface area contributed by atoms with Crippen LogP contribution in [0.25, 0.3) is 0 Å². The van der Waals surface area contributed by atoms with Crippen LogP contribution in [0.1, 0.15) is 34.5 Å². The number of phenolic OH excluding ortho intramolecular Hbond substituents is 1. The Hall–Kier alpha value is -2.93. The van der Waals surface area contributed by atoms with Crippen molar-refractivity contribution in [3.63, 3.8) is 0 Å². The van der Waals surface area contributed by atoms with Crippen molar-refractivity contribution in [3.05, 3.63) is 69.3 Å². The van der Waals surface area contributed by atoms with E-state index in [0.29, 0.717) is 13.2 Å². The first-order valence-electron chi connectivity index (χ1n) is 8.34. The zero-order chi connectivity index (χ0) is 18.8. The van der Waals surface area contributed by atoms with Crippen molar-refractivity contribution < 1.29 is 19.6 Å². The smallest absolute Gasteiger partial charge is 0.311 e.